The lowest BCUT2D eigenvalue weighted by atomic mass is 9.69. The van der Waals surface area contributed by atoms with Crippen molar-refractivity contribution in [1.29, 1.82) is 0 Å². The van der Waals surface area contributed by atoms with Crippen molar-refractivity contribution in [2.75, 3.05) is 13.7 Å². The predicted molar refractivity (Wildman–Crippen MR) is 168 cm³/mol. The molecule has 41 heavy (non-hydrogen) atoms. The fourth-order valence-corrected chi connectivity index (χ4v) is 8.70. The Hall–Kier alpha value is -2.07. The Morgan fingerprint density at radius 1 is 0.976 bits per heavy atom. The van der Waals surface area contributed by atoms with E-state index < -0.39 is 0 Å². The van der Waals surface area contributed by atoms with Crippen molar-refractivity contribution in [3.05, 3.63) is 60.1 Å². The Kier molecular flexibility index (Phi) is 11.2. The molecule has 3 saturated carbocycles. The average Bonchev–Trinajstić information content (AvgIpc) is 3.45. The number of methoxy groups -OCH3 is 1. The first-order valence-corrected chi connectivity index (χ1v) is 16.5. The Balaban J connectivity index is 1.01. The molecular formula is C37H56O4. The van der Waals surface area contributed by atoms with Crippen molar-refractivity contribution in [3.8, 4) is 0 Å². The third-order valence-corrected chi connectivity index (χ3v) is 10.8. The largest absolute Gasteiger partial charge is 0.492 e. The van der Waals surface area contributed by atoms with Crippen molar-refractivity contribution in [2.45, 2.75) is 117 Å². The van der Waals surface area contributed by atoms with Crippen LogP contribution in [-0.2, 0) is 19.0 Å². The van der Waals surface area contributed by atoms with Gasteiger partial charge in [-0.3, -0.25) is 0 Å². The number of carbonyl (C=O) groups is 1. The second-order valence-electron chi connectivity index (χ2n) is 13.6. The second kappa shape index (κ2) is 14.4. The van der Waals surface area contributed by atoms with Gasteiger partial charge in [-0.05, 0) is 113 Å². The highest BCUT2D eigenvalue weighted by molar-refractivity contribution is 5.93. The van der Waals surface area contributed by atoms with Crippen LogP contribution in [0.4, 0.5) is 0 Å². The van der Waals surface area contributed by atoms with Crippen LogP contribution in [0.5, 0.6) is 0 Å². The summed E-state index contributed by atoms with van der Waals surface area (Å²) in [6.07, 6.45) is 28.4. The minimum absolute atomic E-state index is 0.101. The molecule has 4 aliphatic rings. The number of allylic oxidation sites excluding steroid dienone is 5. The molecule has 0 radical (unpaired) electrons. The van der Waals surface area contributed by atoms with Gasteiger partial charge in [0.15, 0.2) is 11.5 Å². The number of fused-ring (bicyclic) bond motifs is 1. The van der Waals surface area contributed by atoms with Gasteiger partial charge in [0.05, 0.1) is 24.9 Å². The smallest absolute Gasteiger partial charge is 0.343 e. The fraction of sp³-hybridized carbons (Fsp3) is 0.703. The van der Waals surface area contributed by atoms with E-state index in [-0.39, 0.29) is 11.6 Å². The van der Waals surface area contributed by atoms with Crippen LogP contribution in [0, 0.1) is 35.0 Å². The summed E-state index contributed by atoms with van der Waals surface area (Å²) in [6, 6.07) is 0. The monoisotopic (exact) mass is 564 g/mol. The van der Waals surface area contributed by atoms with E-state index in [4.69, 9.17) is 14.2 Å². The molecule has 4 rings (SSSR count). The normalized spacial score (nSPS) is 33.0. The summed E-state index contributed by atoms with van der Waals surface area (Å²) < 4.78 is 17.0. The molecule has 0 bridgehead atoms. The molecular weight excluding hydrogens is 508 g/mol. The van der Waals surface area contributed by atoms with E-state index in [9.17, 15) is 4.79 Å². The molecule has 0 amide bonds. The van der Waals surface area contributed by atoms with Crippen LogP contribution >= 0.6 is 0 Å². The lowest BCUT2D eigenvalue weighted by molar-refractivity contribution is -0.133. The number of esters is 1. The number of cyclic esters (lactones) is 1. The predicted octanol–water partition coefficient (Wildman–Crippen LogP) is 9.64. The molecule has 0 aromatic rings. The Morgan fingerprint density at radius 2 is 1.66 bits per heavy atom. The van der Waals surface area contributed by atoms with E-state index in [2.05, 4.69) is 70.7 Å². The van der Waals surface area contributed by atoms with Crippen LogP contribution in [0.15, 0.2) is 60.1 Å². The van der Waals surface area contributed by atoms with E-state index >= 15 is 0 Å². The quantitative estimate of drug-likeness (QED) is 0.100. The fourth-order valence-electron chi connectivity index (χ4n) is 8.70. The zero-order valence-corrected chi connectivity index (χ0v) is 26.6. The zero-order valence-electron chi connectivity index (χ0n) is 26.6. The summed E-state index contributed by atoms with van der Waals surface area (Å²) in [7, 11) is 1.56. The van der Waals surface area contributed by atoms with Crippen LogP contribution in [0.3, 0.4) is 0 Å². The first-order valence-electron chi connectivity index (χ1n) is 16.5. The summed E-state index contributed by atoms with van der Waals surface area (Å²) in [5.74, 6) is 4.87. The van der Waals surface area contributed by atoms with E-state index in [1.807, 2.05) is 0 Å². The maximum Gasteiger partial charge on any atom is 0.343 e. The number of carbonyl (C=O) groups excluding carboxylic acids is 1. The van der Waals surface area contributed by atoms with Crippen molar-refractivity contribution >= 4 is 5.97 Å². The summed E-state index contributed by atoms with van der Waals surface area (Å²) in [5, 5.41) is 0. The van der Waals surface area contributed by atoms with Gasteiger partial charge in [0.25, 0.3) is 0 Å². The molecule has 228 valence electrons. The van der Waals surface area contributed by atoms with Gasteiger partial charge in [-0.2, -0.15) is 0 Å². The molecule has 0 unspecified atom stereocenters. The number of unbranched alkanes of at least 4 members (excludes halogenated alkanes) is 4. The number of rotatable bonds is 17. The Bertz CT molecular complexity index is 1030. The van der Waals surface area contributed by atoms with Gasteiger partial charge < -0.3 is 14.2 Å². The molecule has 1 heterocycles. The maximum atomic E-state index is 11.8. The third-order valence-electron chi connectivity index (χ3n) is 10.8. The summed E-state index contributed by atoms with van der Waals surface area (Å²) in [5.41, 5.74) is 1.34. The lowest BCUT2D eigenvalue weighted by Gasteiger charge is -2.36. The highest BCUT2D eigenvalue weighted by atomic mass is 16.6. The minimum atomic E-state index is -0.302. The van der Waals surface area contributed by atoms with Gasteiger partial charge in [-0.25, -0.2) is 4.79 Å². The summed E-state index contributed by atoms with van der Waals surface area (Å²) in [4.78, 5) is 11.8. The molecule has 3 fully saturated rings. The maximum absolute atomic E-state index is 11.8. The first-order chi connectivity index (χ1) is 19.8. The zero-order chi connectivity index (χ0) is 29.5. The number of hydrogen-bond donors (Lipinski definition) is 0. The third kappa shape index (κ3) is 7.12. The molecule has 0 N–H and O–H groups in total. The molecule has 0 saturated heterocycles. The first kappa shape index (κ1) is 31.9. The highest BCUT2D eigenvalue weighted by Gasteiger charge is 2.78. The van der Waals surface area contributed by atoms with Crippen LogP contribution in [0.25, 0.3) is 0 Å². The molecule has 0 aromatic heterocycles. The van der Waals surface area contributed by atoms with Gasteiger partial charge in [0.2, 0.25) is 0 Å². The van der Waals surface area contributed by atoms with Gasteiger partial charge >= 0.3 is 5.97 Å². The van der Waals surface area contributed by atoms with E-state index in [1.165, 1.54) is 38.5 Å². The molecule has 3 aliphatic carbocycles. The van der Waals surface area contributed by atoms with Crippen molar-refractivity contribution < 1.29 is 19.0 Å². The number of hydrogen-bond acceptors (Lipinski definition) is 4. The standard InChI is InChI=1S/C37H56O4/c1-27(2)30-23-22-28(3)37-25-24-36(5,34(37)32(30)37)40-26-20-18-16-14-12-10-8-7-9-11-13-15-17-19-21-31-33(39-6)29(4)41-35(31)38/h7,9-10,12,16,18,27-28,30,32,34H,4,8,11,13-15,17,19-26H2,1-3,5-6H3/b9-7-,12-10-,18-16-/t28-,30+,32-,34+,36-,37-/m1/s1. The van der Waals surface area contributed by atoms with Gasteiger partial charge in [-0.1, -0.05) is 76.6 Å². The van der Waals surface area contributed by atoms with E-state index in [1.54, 1.807) is 7.11 Å². The van der Waals surface area contributed by atoms with E-state index in [0.717, 1.165) is 74.7 Å². The second-order valence-corrected chi connectivity index (χ2v) is 13.6. The van der Waals surface area contributed by atoms with Gasteiger partial charge in [0, 0.05) is 0 Å². The van der Waals surface area contributed by atoms with Crippen molar-refractivity contribution in [2.24, 2.45) is 35.0 Å². The van der Waals surface area contributed by atoms with Gasteiger partial charge in [0.1, 0.15) is 0 Å². The summed E-state index contributed by atoms with van der Waals surface area (Å²) >= 11 is 0. The summed E-state index contributed by atoms with van der Waals surface area (Å²) in [6.45, 7) is 14.4. The highest BCUT2D eigenvalue weighted by Crippen LogP contribution is 2.81. The topological polar surface area (TPSA) is 44.8 Å². The minimum Gasteiger partial charge on any atom is -0.492 e. The van der Waals surface area contributed by atoms with Crippen molar-refractivity contribution in [3.63, 3.8) is 0 Å². The molecule has 1 aliphatic heterocycles. The Morgan fingerprint density at radius 3 is 2.37 bits per heavy atom. The van der Waals surface area contributed by atoms with Crippen molar-refractivity contribution in [1.82, 2.24) is 0 Å². The van der Waals surface area contributed by atoms with Crippen LogP contribution < -0.4 is 0 Å². The van der Waals surface area contributed by atoms with Crippen LogP contribution in [0.1, 0.15) is 111 Å². The SMILES string of the molecule is C=C1OC(=O)C(CCCCCC/C=C\C/C=C\C/C=C\CCO[C@]2(C)CC[C@@]34[C@@H]([C@H]32)[C@H](C(C)C)CC[C@H]4C)=C1OC. The van der Waals surface area contributed by atoms with Crippen LogP contribution in [0.2, 0.25) is 0 Å². The molecule has 4 heteroatoms. The van der Waals surface area contributed by atoms with Gasteiger partial charge in [-0.15, -0.1) is 0 Å². The molecule has 6 atom stereocenters. The van der Waals surface area contributed by atoms with Crippen LogP contribution in [-0.4, -0.2) is 25.3 Å². The molecule has 0 aromatic carbocycles. The van der Waals surface area contributed by atoms with E-state index in [0.29, 0.717) is 28.9 Å². The lowest BCUT2D eigenvalue weighted by Crippen LogP contribution is -2.32. The molecule has 4 nitrogen and oxygen atoms in total. The average molecular weight is 565 g/mol. The Labute approximate surface area is 250 Å². The molecule has 1 spiro atoms. The number of ether oxygens (including phenoxy) is 3.